The summed E-state index contributed by atoms with van der Waals surface area (Å²) >= 11 is 0. The number of aliphatic hydroxyl groups is 2. The van der Waals surface area contributed by atoms with Gasteiger partial charge in [0, 0.05) is 62.3 Å². The average molecular weight is 881 g/mol. The molecule has 0 unspecified atom stereocenters. The number of ether oxygens (including phenoxy) is 12. The van der Waals surface area contributed by atoms with Gasteiger partial charge in [-0.3, -0.25) is 43.2 Å². The molecule has 3 fully saturated rings. The zero-order chi connectivity index (χ0) is 45.9. The molecule has 344 valence electrons. The second-order valence-electron chi connectivity index (χ2n) is 14.0. The first kappa shape index (κ1) is 50.3. The van der Waals surface area contributed by atoms with Crippen LogP contribution in [0.3, 0.4) is 0 Å². The maximum Gasteiger partial charge on any atom is 0.303 e. The Morgan fingerprint density at radius 2 is 0.852 bits per heavy atom. The van der Waals surface area contributed by atoms with Gasteiger partial charge in [-0.1, -0.05) is 0 Å². The molecule has 3 aliphatic heterocycles. The van der Waals surface area contributed by atoms with Crippen LogP contribution >= 0.6 is 0 Å². The van der Waals surface area contributed by atoms with Crippen molar-refractivity contribution < 1.29 is 110 Å². The summed E-state index contributed by atoms with van der Waals surface area (Å²) in [4.78, 5) is 110. The summed E-state index contributed by atoms with van der Waals surface area (Å²) in [7, 11) is 0. The highest BCUT2D eigenvalue weighted by Gasteiger charge is 2.57. The third-order valence-electron chi connectivity index (χ3n) is 8.80. The topological polar surface area (TPSA) is 329 Å². The van der Waals surface area contributed by atoms with Gasteiger partial charge in [-0.15, -0.1) is 0 Å². The third-order valence-corrected chi connectivity index (χ3v) is 8.80. The van der Waals surface area contributed by atoms with Crippen molar-refractivity contribution in [2.45, 2.75) is 154 Å². The lowest BCUT2D eigenvalue weighted by Crippen LogP contribution is -2.69. The minimum atomic E-state index is -2.01. The molecule has 15 atom stereocenters. The van der Waals surface area contributed by atoms with E-state index in [1.807, 2.05) is 0 Å². The van der Waals surface area contributed by atoms with E-state index in [1.165, 1.54) is 0 Å². The van der Waals surface area contributed by atoms with Crippen molar-refractivity contribution in [1.29, 1.82) is 0 Å². The van der Waals surface area contributed by atoms with Crippen LogP contribution in [0.15, 0.2) is 0 Å². The first-order chi connectivity index (χ1) is 28.5. The van der Waals surface area contributed by atoms with E-state index < -0.39 is 165 Å². The second kappa shape index (κ2) is 22.7. The molecule has 0 spiro atoms. The van der Waals surface area contributed by atoms with E-state index in [9.17, 15) is 53.4 Å². The number of hydrogen-bond donors (Lipinski definition) is 4. The lowest BCUT2D eigenvalue weighted by molar-refractivity contribution is -0.347. The first-order valence-corrected chi connectivity index (χ1v) is 18.8. The SMILES string of the molecule is CC(=O)N[C@@H]1[C@@H](O[C@@H]2O[C@H](COC(C)=O)[C@H](OC(C)=O)[C@H](OC(C)=O)[C@H]2OC(C)=O)[C@@H](O)[C@@H](CO[C@@H]2O[C@H](COC(C)=O)[C@@H](OC(C)=O)[C@H](OC(C)=O)[C@H]2NC(C)=O)O[C@@H]1O. The lowest BCUT2D eigenvalue weighted by Gasteiger charge is -2.48. The quantitative estimate of drug-likeness (QED) is 0.0872. The summed E-state index contributed by atoms with van der Waals surface area (Å²) in [5.41, 5.74) is 0. The summed E-state index contributed by atoms with van der Waals surface area (Å²) in [5, 5.41) is 27.9. The fourth-order valence-corrected chi connectivity index (χ4v) is 6.70. The second-order valence-corrected chi connectivity index (χ2v) is 14.0. The van der Waals surface area contributed by atoms with Crippen LogP contribution < -0.4 is 10.6 Å². The number of aliphatic hydroxyl groups excluding tert-OH is 2. The Labute approximate surface area is 348 Å². The van der Waals surface area contributed by atoms with Gasteiger partial charge in [0.1, 0.15) is 55.8 Å². The van der Waals surface area contributed by atoms with Crippen molar-refractivity contribution >= 4 is 53.6 Å². The Bertz CT molecular complexity index is 1620. The van der Waals surface area contributed by atoms with Crippen LogP contribution in [-0.2, 0) is 100.0 Å². The molecule has 3 rings (SSSR count). The smallest absolute Gasteiger partial charge is 0.303 e. The molecule has 2 amide bonds. The van der Waals surface area contributed by atoms with Gasteiger partial charge in [-0.2, -0.15) is 0 Å². The number of carbonyl (C=O) groups excluding carboxylic acids is 9. The summed E-state index contributed by atoms with van der Waals surface area (Å²) in [6.45, 7) is 7.44. The predicted molar refractivity (Wildman–Crippen MR) is 191 cm³/mol. The van der Waals surface area contributed by atoms with E-state index >= 15 is 0 Å². The van der Waals surface area contributed by atoms with Gasteiger partial charge in [0.05, 0.1) is 6.61 Å². The highest BCUT2D eigenvalue weighted by atomic mass is 16.8. The molecular formula is C36H52N2O23. The number of rotatable bonds is 16. The highest BCUT2D eigenvalue weighted by molar-refractivity contribution is 5.74. The van der Waals surface area contributed by atoms with Crippen molar-refractivity contribution in [3.63, 3.8) is 0 Å². The Morgan fingerprint density at radius 1 is 0.443 bits per heavy atom. The van der Waals surface area contributed by atoms with Crippen molar-refractivity contribution in [2.75, 3.05) is 19.8 Å². The van der Waals surface area contributed by atoms with Crippen LogP contribution in [0.1, 0.15) is 62.3 Å². The fraction of sp³-hybridized carbons (Fsp3) is 0.750. The minimum Gasteiger partial charge on any atom is -0.463 e. The van der Waals surface area contributed by atoms with E-state index in [0.717, 1.165) is 62.3 Å². The molecule has 25 heteroatoms. The predicted octanol–water partition coefficient (Wildman–Crippen LogP) is -3.29. The van der Waals surface area contributed by atoms with Crippen LogP contribution in [0.4, 0.5) is 0 Å². The van der Waals surface area contributed by atoms with Crippen molar-refractivity contribution in [2.24, 2.45) is 0 Å². The Morgan fingerprint density at radius 3 is 1.31 bits per heavy atom. The Hall–Kier alpha value is -5.05. The maximum absolute atomic E-state index is 12.4. The molecule has 0 bridgehead atoms. The minimum absolute atomic E-state index is 0.566. The normalized spacial score (nSPS) is 33.4. The van der Waals surface area contributed by atoms with Crippen LogP contribution in [-0.4, -0.2) is 176 Å². The standard InChI is InChI=1S/C36H52N2O23/c1-13(39)37-25-30(61-36-33(57-21(9)47)32(56-20(8)46)29(54-18(6)44)24(60-36)12-51-16(4)42)27(48)22(58-34(25)49)10-52-35-26(38-14(2)40)31(55-19(7)45)28(53-17(5)43)23(59-35)11-50-15(3)41/h22-36,48-49H,10-12H2,1-9H3,(H,37,39)(H,38,40)/t22-,23-,24-,25-,26-,27+,28-,29+,30-,31-,32+,33-,34+,35-,36+/m1/s1. The summed E-state index contributed by atoms with van der Waals surface area (Å²) in [5.74, 6) is -7.59. The Kier molecular flexibility index (Phi) is 18.7. The lowest BCUT2D eigenvalue weighted by atomic mass is 9.94. The molecule has 3 saturated heterocycles. The molecule has 4 N–H and O–H groups in total. The van der Waals surface area contributed by atoms with Gasteiger partial charge in [-0.05, 0) is 0 Å². The van der Waals surface area contributed by atoms with Crippen LogP contribution in [0, 0.1) is 0 Å². The third kappa shape index (κ3) is 14.8. The summed E-state index contributed by atoms with van der Waals surface area (Å²) < 4.78 is 66.9. The molecule has 0 aromatic rings. The van der Waals surface area contributed by atoms with E-state index in [2.05, 4.69) is 10.6 Å². The molecule has 0 aromatic heterocycles. The van der Waals surface area contributed by atoms with Gasteiger partial charge >= 0.3 is 41.8 Å². The summed E-state index contributed by atoms with van der Waals surface area (Å²) in [6.07, 6.45) is -21.8. The highest BCUT2D eigenvalue weighted by Crippen LogP contribution is 2.34. The van der Waals surface area contributed by atoms with Gasteiger partial charge < -0.3 is 77.7 Å². The molecule has 25 nitrogen and oxygen atoms in total. The van der Waals surface area contributed by atoms with Crippen molar-refractivity contribution in [3.8, 4) is 0 Å². The maximum atomic E-state index is 12.4. The van der Waals surface area contributed by atoms with Crippen LogP contribution in [0.25, 0.3) is 0 Å². The number of hydrogen-bond acceptors (Lipinski definition) is 23. The number of nitrogens with one attached hydrogen (secondary N) is 2. The van der Waals surface area contributed by atoms with E-state index in [4.69, 9.17) is 56.8 Å². The van der Waals surface area contributed by atoms with E-state index in [1.54, 1.807) is 0 Å². The van der Waals surface area contributed by atoms with Gasteiger partial charge in [-0.25, -0.2) is 0 Å². The fourth-order valence-electron chi connectivity index (χ4n) is 6.70. The summed E-state index contributed by atoms with van der Waals surface area (Å²) in [6, 6.07) is -3.07. The number of amides is 2. The molecule has 3 heterocycles. The van der Waals surface area contributed by atoms with Crippen molar-refractivity contribution in [1.82, 2.24) is 10.6 Å². The monoisotopic (exact) mass is 880 g/mol. The molecule has 0 radical (unpaired) electrons. The van der Waals surface area contributed by atoms with Gasteiger partial charge in [0.2, 0.25) is 11.8 Å². The van der Waals surface area contributed by atoms with Gasteiger partial charge in [0.25, 0.3) is 0 Å². The molecule has 3 aliphatic rings. The average Bonchev–Trinajstić information content (AvgIpc) is 3.12. The molecule has 0 aliphatic carbocycles. The van der Waals surface area contributed by atoms with E-state index in [-0.39, 0.29) is 0 Å². The molecule has 61 heavy (non-hydrogen) atoms. The zero-order valence-electron chi connectivity index (χ0n) is 34.7. The zero-order valence-corrected chi connectivity index (χ0v) is 34.7. The molecule has 0 aromatic carbocycles. The Balaban J connectivity index is 2.05. The number of carbonyl (C=O) groups is 9. The van der Waals surface area contributed by atoms with Crippen molar-refractivity contribution in [3.05, 3.63) is 0 Å². The first-order valence-electron chi connectivity index (χ1n) is 18.8. The molecular weight excluding hydrogens is 828 g/mol. The van der Waals surface area contributed by atoms with E-state index in [0.29, 0.717) is 0 Å². The van der Waals surface area contributed by atoms with Gasteiger partial charge in [0.15, 0.2) is 49.4 Å². The molecule has 0 saturated carbocycles. The van der Waals surface area contributed by atoms with Crippen LogP contribution in [0.2, 0.25) is 0 Å². The van der Waals surface area contributed by atoms with Crippen LogP contribution in [0.5, 0.6) is 0 Å². The number of esters is 7. The largest absolute Gasteiger partial charge is 0.463 e.